The number of carbonyl (C=O) groups is 1. The first-order chi connectivity index (χ1) is 10.8. The van der Waals surface area contributed by atoms with Gasteiger partial charge < -0.3 is 24.4 Å². The van der Waals surface area contributed by atoms with Gasteiger partial charge in [-0.1, -0.05) is 13.0 Å². The zero-order valence-corrected chi connectivity index (χ0v) is 12.8. The maximum absolute atomic E-state index is 12.2. The number of hydrogen-bond donors (Lipinski definition) is 1. The maximum atomic E-state index is 12.2. The molecule has 120 valence electrons. The first-order valence-corrected chi connectivity index (χ1v) is 7.79. The summed E-state index contributed by atoms with van der Waals surface area (Å²) < 4.78 is 16.6. The highest BCUT2D eigenvalue weighted by molar-refractivity contribution is 5.74. The Labute approximate surface area is 130 Å². The van der Waals surface area contributed by atoms with Gasteiger partial charge in [-0.25, -0.2) is 4.79 Å². The van der Waals surface area contributed by atoms with Crippen molar-refractivity contribution in [2.24, 2.45) is 0 Å². The molecule has 1 saturated heterocycles. The van der Waals surface area contributed by atoms with Gasteiger partial charge in [-0.05, 0) is 24.1 Å². The van der Waals surface area contributed by atoms with Crippen LogP contribution in [0.15, 0.2) is 18.2 Å². The average molecular weight is 306 g/mol. The van der Waals surface area contributed by atoms with Crippen LogP contribution in [0.1, 0.15) is 18.9 Å². The molecule has 6 nitrogen and oxygen atoms in total. The van der Waals surface area contributed by atoms with E-state index in [-0.39, 0.29) is 12.1 Å². The van der Waals surface area contributed by atoms with Crippen molar-refractivity contribution in [1.29, 1.82) is 0 Å². The van der Waals surface area contributed by atoms with Crippen LogP contribution in [0.3, 0.4) is 0 Å². The summed E-state index contributed by atoms with van der Waals surface area (Å²) in [6.45, 7) is 5.60. The Kier molecular flexibility index (Phi) is 4.68. The van der Waals surface area contributed by atoms with Gasteiger partial charge in [0.05, 0.1) is 12.7 Å². The van der Waals surface area contributed by atoms with E-state index < -0.39 is 0 Å². The Morgan fingerprint density at radius 3 is 2.91 bits per heavy atom. The number of amides is 2. The molecule has 1 atom stereocenters. The molecule has 0 aromatic heterocycles. The molecule has 1 N–H and O–H groups in total. The van der Waals surface area contributed by atoms with Crippen LogP contribution in [0.5, 0.6) is 11.5 Å². The first-order valence-electron chi connectivity index (χ1n) is 7.79. The summed E-state index contributed by atoms with van der Waals surface area (Å²) in [4.78, 5) is 14.0. The summed E-state index contributed by atoms with van der Waals surface area (Å²) in [6.07, 6.45) is 1.07. The number of fused-ring (bicyclic) bond motifs is 1. The van der Waals surface area contributed by atoms with Crippen LogP contribution in [0.25, 0.3) is 0 Å². The molecule has 0 spiro atoms. The molecular formula is C16H22N2O4. The second-order valence-electron chi connectivity index (χ2n) is 5.48. The third kappa shape index (κ3) is 3.44. The van der Waals surface area contributed by atoms with Gasteiger partial charge in [0.1, 0.15) is 13.2 Å². The summed E-state index contributed by atoms with van der Waals surface area (Å²) in [5.74, 6) is 1.51. The van der Waals surface area contributed by atoms with Crippen molar-refractivity contribution in [2.45, 2.75) is 26.0 Å². The van der Waals surface area contributed by atoms with Crippen LogP contribution in [-0.4, -0.2) is 49.9 Å². The van der Waals surface area contributed by atoms with Gasteiger partial charge in [-0.15, -0.1) is 0 Å². The summed E-state index contributed by atoms with van der Waals surface area (Å²) in [5.41, 5.74) is 0.998. The molecule has 3 rings (SSSR count). The Morgan fingerprint density at radius 2 is 2.09 bits per heavy atom. The minimum Gasteiger partial charge on any atom is -0.486 e. The number of benzene rings is 1. The monoisotopic (exact) mass is 306 g/mol. The van der Waals surface area contributed by atoms with E-state index in [0.717, 1.165) is 23.5 Å². The van der Waals surface area contributed by atoms with Crippen LogP contribution >= 0.6 is 0 Å². The molecule has 2 aliphatic heterocycles. The summed E-state index contributed by atoms with van der Waals surface area (Å²) in [5, 5.41) is 2.96. The Balaban J connectivity index is 1.54. The zero-order chi connectivity index (χ0) is 15.4. The first kappa shape index (κ1) is 15.0. The van der Waals surface area contributed by atoms with Gasteiger partial charge in [-0.3, -0.25) is 0 Å². The number of urea groups is 1. The maximum Gasteiger partial charge on any atom is 0.317 e. The zero-order valence-electron chi connectivity index (χ0n) is 12.8. The molecule has 2 aliphatic rings. The largest absolute Gasteiger partial charge is 0.486 e. The molecule has 0 aliphatic carbocycles. The van der Waals surface area contributed by atoms with Crippen molar-refractivity contribution >= 4 is 6.03 Å². The normalized spacial score (nSPS) is 20.6. The Hall–Kier alpha value is -1.95. The van der Waals surface area contributed by atoms with E-state index in [1.54, 1.807) is 0 Å². The predicted molar refractivity (Wildman–Crippen MR) is 81.3 cm³/mol. The molecule has 2 heterocycles. The van der Waals surface area contributed by atoms with E-state index in [1.807, 2.05) is 23.1 Å². The third-order valence-electron chi connectivity index (χ3n) is 3.93. The van der Waals surface area contributed by atoms with Gasteiger partial charge in [0.25, 0.3) is 0 Å². The van der Waals surface area contributed by atoms with Crippen molar-refractivity contribution in [2.75, 3.05) is 32.9 Å². The van der Waals surface area contributed by atoms with E-state index in [9.17, 15) is 4.79 Å². The van der Waals surface area contributed by atoms with Gasteiger partial charge in [0.2, 0.25) is 0 Å². The highest BCUT2D eigenvalue weighted by Gasteiger charge is 2.22. The van der Waals surface area contributed by atoms with Gasteiger partial charge in [-0.2, -0.15) is 0 Å². The van der Waals surface area contributed by atoms with E-state index in [2.05, 4.69) is 12.2 Å². The van der Waals surface area contributed by atoms with E-state index in [4.69, 9.17) is 14.2 Å². The van der Waals surface area contributed by atoms with Gasteiger partial charge in [0, 0.05) is 19.6 Å². The minimum absolute atomic E-state index is 0.0448. The van der Waals surface area contributed by atoms with Crippen LogP contribution in [0.4, 0.5) is 4.79 Å². The third-order valence-corrected chi connectivity index (χ3v) is 3.93. The van der Waals surface area contributed by atoms with Crippen LogP contribution < -0.4 is 14.8 Å². The van der Waals surface area contributed by atoms with E-state index in [0.29, 0.717) is 39.5 Å². The standard InChI is InChI=1S/C16H22N2O4/c1-2-13-11-18(5-6-20-13)16(19)17-10-12-3-4-14-15(9-12)22-8-7-21-14/h3-4,9,13H,2,5-8,10-11H2,1H3,(H,17,19)/t13-/m0/s1. The number of nitrogens with one attached hydrogen (secondary N) is 1. The van der Waals surface area contributed by atoms with Crippen LogP contribution in [-0.2, 0) is 11.3 Å². The molecule has 1 aromatic rings. The number of morpholine rings is 1. The molecule has 2 amide bonds. The topological polar surface area (TPSA) is 60.0 Å². The molecule has 0 saturated carbocycles. The molecule has 0 unspecified atom stereocenters. The molecule has 0 radical (unpaired) electrons. The quantitative estimate of drug-likeness (QED) is 0.925. The van der Waals surface area contributed by atoms with E-state index >= 15 is 0 Å². The fraction of sp³-hybridized carbons (Fsp3) is 0.562. The number of carbonyl (C=O) groups excluding carboxylic acids is 1. The lowest BCUT2D eigenvalue weighted by Gasteiger charge is -2.32. The van der Waals surface area contributed by atoms with Crippen LogP contribution in [0.2, 0.25) is 0 Å². The highest BCUT2D eigenvalue weighted by atomic mass is 16.6. The SMILES string of the molecule is CC[C@H]1CN(C(=O)NCc2ccc3c(c2)OCCO3)CCO1. The molecular weight excluding hydrogens is 284 g/mol. The highest BCUT2D eigenvalue weighted by Crippen LogP contribution is 2.30. The lowest BCUT2D eigenvalue weighted by Crippen LogP contribution is -2.49. The van der Waals surface area contributed by atoms with Crippen molar-refractivity contribution in [1.82, 2.24) is 10.2 Å². The number of ether oxygens (including phenoxy) is 3. The minimum atomic E-state index is -0.0448. The molecule has 22 heavy (non-hydrogen) atoms. The summed E-state index contributed by atoms with van der Waals surface area (Å²) >= 11 is 0. The molecule has 6 heteroatoms. The molecule has 1 aromatic carbocycles. The number of rotatable bonds is 3. The summed E-state index contributed by atoms with van der Waals surface area (Å²) in [7, 11) is 0. The molecule has 0 bridgehead atoms. The number of nitrogens with zero attached hydrogens (tertiary/aromatic N) is 1. The van der Waals surface area contributed by atoms with Crippen molar-refractivity contribution in [3.05, 3.63) is 23.8 Å². The van der Waals surface area contributed by atoms with Crippen LogP contribution in [0, 0.1) is 0 Å². The van der Waals surface area contributed by atoms with Crippen molar-refractivity contribution < 1.29 is 19.0 Å². The second-order valence-corrected chi connectivity index (χ2v) is 5.48. The van der Waals surface area contributed by atoms with Crippen molar-refractivity contribution in [3.8, 4) is 11.5 Å². The van der Waals surface area contributed by atoms with E-state index in [1.165, 1.54) is 0 Å². The van der Waals surface area contributed by atoms with Crippen molar-refractivity contribution in [3.63, 3.8) is 0 Å². The Bertz CT molecular complexity index is 535. The smallest absolute Gasteiger partial charge is 0.317 e. The fourth-order valence-electron chi connectivity index (χ4n) is 2.64. The average Bonchev–Trinajstić information content (AvgIpc) is 2.59. The second kappa shape index (κ2) is 6.87. The van der Waals surface area contributed by atoms with Gasteiger partial charge in [0.15, 0.2) is 11.5 Å². The number of hydrogen-bond acceptors (Lipinski definition) is 4. The predicted octanol–water partition coefficient (Wildman–Crippen LogP) is 1.78. The molecule has 1 fully saturated rings. The van der Waals surface area contributed by atoms with Gasteiger partial charge >= 0.3 is 6.03 Å². The lowest BCUT2D eigenvalue weighted by atomic mass is 10.2. The lowest BCUT2D eigenvalue weighted by molar-refractivity contribution is -0.0154. The summed E-state index contributed by atoms with van der Waals surface area (Å²) in [6, 6.07) is 5.71. The fourth-order valence-corrected chi connectivity index (χ4v) is 2.64. The Morgan fingerprint density at radius 1 is 1.27 bits per heavy atom.